The van der Waals surface area contributed by atoms with Gasteiger partial charge >= 0.3 is 0 Å². The van der Waals surface area contributed by atoms with Gasteiger partial charge in [0.1, 0.15) is 5.69 Å². The molecule has 0 aromatic carbocycles. The molecule has 6 heteroatoms. The summed E-state index contributed by atoms with van der Waals surface area (Å²) in [7, 11) is 1.74. The molecule has 1 aliphatic heterocycles. The summed E-state index contributed by atoms with van der Waals surface area (Å²) in [6.07, 6.45) is 6.37. The van der Waals surface area contributed by atoms with Gasteiger partial charge in [-0.15, -0.1) is 0 Å². The maximum absolute atomic E-state index is 12.0. The Labute approximate surface area is 112 Å². The molecule has 1 fully saturated rings. The Kier molecular flexibility index (Phi) is 4.30. The van der Waals surface area contributed by atoms with Crippen molar-refractivity contribution >= 4 is 23.2 Å². The number of carbonyl (C=O) groups excluding carboxylic acids is 1. The van der Waals surface area contributed by atoms with Gasteiger partial charge in [-0.1, -0.05) is 12.8 Å². The summed E-state index contributed by atoms with van der Waals surface area (Å²) in [5, 5.41) is 7.28. The first kappa shape index (κ1) is 13.0. The third-order valence-corrected chi connectivity index (χ3v) is 3.53. The number of likely N-dealkylation sites (tertiary alicyclic amines) is 1. The lowest BCUT2D eigenvalue weighted by Gasteiger charge is -2.23. The van der Waals surface area contributed by atoms with E-state index in [2.05, 4.69) is 15.3 Å². The van der Waals surface area contributed by atoms with Crippen LogP contribution in [0.5, 0.6) is 0 Å². The molecule has 1 N–H and O–H groups in total. The van der Waals surface area contributed by atoms with Gasteiger partial charge in [0.2, 0.25) is 0 Å². The highest BCUT2D eigenvalue weighted by Gasteiger charge is 2.16. The third kappa shape index (κ3) is 3.07. The lowest BCUT2D eigenvalue weighted by molar-refractivity contribution is 0.0964. The van der Waals surface area contributed by atoms with Crippen molar-refractivity contribution < 1.29 is 4.79 Å². The zero-order chi connectivity index (χ0) is 13.0. The highest BCUT2D eigenvalue weighted by molar-refractivity contribution is 7.80. The average Bonchev–Trinajstić information content (AvgIpc) is 2.63. The molecule has 1 aromatic rings. The molecule has 0 saturated carbocycles. The summed E-state index contributed by atoms with van der Waals surface area (Å²) < 4.78 is 1.54. The minimum absolute atomic E-state index is 0.191. The molecule has 1 saturated heterocycles. The van der Waals surface area contributed by atoms with Crippen LogP contribution in [0.15, 0.2) is 12.3 Å². The fourth-order valence-corrected chi connectivity index (χ4v) is 2.39. The molecule has 2 heterocycles. The van der Waals surface area contributed by atoms with Crippen molar-refractivity contribution in [2.75, 3.05) is 13.1 Å². The molecule has 0 unspecified atom stereocenters. The van der Waals surface area contributed by atoms with Gasteiger partial charge in [0.05, 0.1) is 0 Å². The normalized spacial score (nSPS) is 16.2. The van der Waals surface area contributed by atoms with Gasteiger partial charge < -0.3 is 4.90 Å². The lowest BCUT2D eigenvalue weighted by atomic mass is 10.2. The quantitative estimate of drug-likeness (QED) is 0.779. The number of rotatable bonds is 1. The molecule has 98 valence electrons. The van der Waals surface area contributed by atoms with Crippen LogP contribution < -0.4 is 5.32 Å². The molecule has 0 spiro atoms. The van der Waals surface area contributed by atoms with Crippen molar-refractivity contribution in [1.82, 2.24) is 20.0 Å². The van der Waals surface area contributed by atoms with Crippen LogP contribution in [0.1, 0.15) is 36.2 Å². The Balaban J connectivity index is 1.94. The summed E-state index contributed by atoms with van der Waals surface area (Å²) in [5.41, 5.74) is 0.521. The zero-order valence-corrected chi connectivity index (χ0v) is 11.4. The first-order valence-corrected chi connectivity index (χ1v) is 6.67. The molecular formula is C12H18N4OS. The Hall–Kier alpha value is -1.43. The molecule has 0 atom stereocenters. The van der Waals surface area contributed by atoms with E-state index in [1.807, 2.05) is 0 Å². The number of hydrogen-bond donors (Lipinski definition) is 1. The van der Waals surface area contributed by atoms with Gasteiger partial charge in [0, 0.05) is 26.3 Å². The van der Waals surface area contributed by atoms with Crippen molar-refractivity contribution in [2.24, 2.45) is 7.05 Å². The minimum Gasteiger partial charge on any atom is -0.349 e. The predicted molar refractivity (Wildman–Crippen MR) is 73.3 cm³/mol. The Morgan fingerprint density at radius 3 is 2.56 bits per heavy atom. The van der Waals surface area contributed by atoms with Crippen LogP contribution in [0.2, 0.25) is 0 Å². The van der Waals surface area contributed by atoms with E-state index >= 15 is 0 Å². The van der Waals surface area contributed by atoms with Crippen LogP contribution in [0.25, 0.3) is 0 Å². The number of thiocarbonyl (C=S) groups is 1. The average molecular weight is 266 g/mol. The molecule has 0 bridgehead atoms. The van der Waals surface area contributed by atoms with Crippen LogP contribution >= 0.6 is 12.2 Å². The fourth-order valence-electron chi connectivity index (χ4n) is 2.11. The van der Waals surface area contributed by atoms with Crippen LogP contribution in [0, 0.1) is 0 Å². The topological polar surface area (TPSA) is 50.2 Å². The third-order valence-electron chi connectivity index (χ3n) is 3.17. The minimum atomic E-state index is -0.191. The molecule has 1 aliphatic rings. The standard InChI is InChI=1S/C12H18N4OS/c1-15-10(6-7-13-15)11(17)14-12(18)16-8-4-2-3-5-9-16/h6-7H,2-5,8-9H2,1H3,(H,14,17,18). The van der Waals surface area contributed by atoms with E-state index in [4.69, 9.17) is 12.2 Å². The van der Waals surface area contributed by atoms with E-state index in [1.54, 1.807) is 24.0 Å². The molecule has 1 aromatic heterocycles. The monoisotopic (exact) mass is 266 g/mol. The highest BCUT2D eigenvalue weighted by atomic mass is 32.1. The molecule has 1 amide bonds. The second-order valence-corrected chi connectivity index (χ2v) is 4.89. The van der Waals surface area contributed by atoms with Crippen LogP contribution in [-0.2, 0) is 7.05 Å². The van der Waals surface area contributed by atoms with E-state index in [9.17, 15) is 4.79 Å². The SMILES string of the molecule is Cn1nccc1C(=O)NC(=S)N1CCCCCC1. The molecular weight excluding hydrogens is 248 g/mol. The zero-order valence-electron chi connectivity index (χ0n) is 10.6. The molecule has 18 heavy (non-hydrogen) atoms. The number of nitrogens with zero attached hydrogens (tertiary/aromatic N) is 3. The molecule has 0 aliphatic carbocycles. The first-order chi connectivity index (χ1) is 8.68. The van der Waals surface area contributed by atoms with Crippen molar-refractivity contribution in [3.63, 3.8) is 0 Å². The smallest absolute Gasteiger partial charge is 0.275 e. The van der Waals surface area contributed by atoms with Gasteiger partial charge in [0.15, 0.2) is 5.11 Å². The van der Waals surface area contributed by atoms with Gasteiger partial charge in [-0.3, -0.25) is 14.8 Å². The van der Waals surface area contributed by atoms with E-state index in [0.29, 0.717) is 10.8 Å². The Morgan fingerprint density at radius 2 is 2.00 bits per heavy atom. The molecule has 0 radical (unpaired) electrons. The van der Waals surface area contributed by atoms with E-state index < -0.39 is 0 Å². The Morgan fingerprint density at radius 1 is 1.33 bits per heavy atom. The fraction of sp³-hybridized carbons (Fsp3) is 0.583. The van der Waals surface area contributed by atoms with E-state index in [-0.39, 0.29) is 5.91 Å². The molecule has 5 nitrogen and oxygen atoms in total. The van der Waals surface area contributed by atoms with Crippen LogP contribution in [0.3, 0.4) is 0 Å². The van der Waals surface area contributed by atoms with Crippen molar-refractivity contribution in [3.8, 4) is 0 Å². The summed E-state index contributed by atoms with van der Waals surface area (Å²) >= 11 is 5.29. The highest BCUT2D eigenvalue weighted by Crippen LogP contribution is 2.09. The lowest BCUT2D eigenvalue weighted by Crippen LogP contribution is -2.43. The summed E-state index contributed by atoms with van der Waals surface area (Å²) in [4.78, 5) is 14.1. The maximum Gasteiger partial charge on any atom is 0.275 e. The predicted octanol–water partition coefficient (Wildman–Crippen LogP) is 1.31. The molecule has 2 rings (SSSR count). The van der Waals surface area contributed by atoms with Gasteiger partial charge in [-0.05, 0) is 31.1 Å². The van der Waals surface area contributed by atoms with E-state index in [0.717, 1.165) is 25.9 Å². The number of hydrogen-bond acceptors (Lipinski definition) is 3. The Bertz CT molecular complexity index is 435. The number of carbonyl (C=O) groups is 1. The number of nitrogens with one attached hydrogen (secondary N) is 1. The van der Waals surface area contributed by atoms with Crippen molar-refractivity contribution in [1.29, 1.82) is 0 Å². The first-order valence-electron chi connectivity index (χ1n) is 6.27. The number of aryl methyl sites for hydroxylation is 1. The second-order valence-electron chi connectivity index (χ2n) is 4.50. The summed E-state index contributed by atoms with van der Waals surface area (Å²) in [6.45, 7) is 1.87. The van der Waals surface area contributed by atoms with Gasteiger partial charge in [-0.2, -0.15) is 5.10 Å². The summed E-state index contributed by atoms with van der Waals surface area (Å²) in [6, 6.07) is 1.68. The number of aromatic nitrogens is 2. The largest absolute Gasteiger partial charge is 0.349 e. The van der Waals surface area contributed by atoms with Crippen molar-refractivity contribution in [2.45, 2.75) is 25.7 Å². The van der Waals surface area contributed by atoms with Crippen LogP contribution in [0.4, 0.5) is 0 Å². The van der Waals surface area contributed by atoms with E-state index in [1.165, 1.54) is 12.8 Å². The maximum atomic E-state index is 12.0. The van der Waals surface area contributed by atoms with Gasteiger partial charge in [-0.25, -0.2) is 0 Å². The van der Waals surface area contributed by atoms with Crippen molar-refractivity contribution in [3.05, 3.63) is 18.0 Å². The van der Waals surface area contributed by atoms with Crippen LogP contribution in [-0.4, -0.2) is 38.8 Å². The second kappa shape index (κ2) is 5.95. The van der Waals surface area contributed by atoms with Gasteiger partial charge in [0.25, 0.3) is 5.91 Å². The number of amides is 1. The summed E-state index contributed by atoms with van der Waals surface area (Å²) in [5.74, 6) is -0.191.